The van der Waals surface area contributed by atoms with Gasteiger partial charge in [0.05, 0.1) is 5.97 Å². The van der Waals surface area contributed by atoms with E-state index in [1.807, 2.05) is 0 Å². The van der Waals surface area contributed by atoms with Gasteiger partial charge in [0.1, 0.15) is 24.9 Å². The number of aliphatic hydroxyl groups excluding tert-OH is 4. The molecule has 0 aliphatic heterocycles. The number of aliphatic hydroxyl groups is 4. The second-order valence-corrected chi connectivity index (χ2v) is 2.32. The fraction of sp³-hybridized carbons (Fsp3) is 0.667. The molecule has 3 atom stereocenters. The van der Waals surface area contributed by atoms with Crippen LogP contribution in [0.4, 0.5) is 0 Å². The Morgan fingerprint density at radius 1 is 1.14 bits per heavy atom. The first kappa shape index (κ1) is 17.0. The third-order valence-corrected chi connectivity index (χ3v) is 1.37. The van der Waals surface area contributed by atoms with Crippen LogP contribution in [-0.2, 0) is 9.59 Å². The van der Waals surface area contributed by atoms with Gasteiger partial charge in [0, 0.05) is 0 Å². The van der Waals surface area contributed by atoms with Crippen LogP contribution in [0, 0.1) is 0 Å². The standard InChI is InChI=1S/C6H10O7.K/c7-1-2(8)3(9)4(10)5(11)6(12)13;/h3-5,7,9-11H,1H2,(H,12,13);/q;+1/p-1/t3-,4+,5+;/m1./s1. The van der Waals surface area contributed by atoms with Crippen LogP contribution in [0.25, 0.3) is 0 Å². The molecule has 4 N–H and O–H groups in total. The Kier molecular flexibility index (Phi) is 9.55. The number of hydrogen-bond acceptors (Lipinski definition) is 7. The molecule has 8 heteroatoms. The molecule has 0 bridgehead atoms. The van der Waals surface area contributed by atoms with E-state index >= 15 is 0 Å². The Bertz CT molecular complexity index is 206. The van der Waals surface area contributed by atoms with Crippen molar-refractivity contribution in [3.63, 3.8) is 0 Å². The van der Waals surface area contributed by atoms with Crippen molar-refractivity contribution in [2.24, 2.45) is 0 Å². The molecule has 0 heterocycles. The summed E-state index contributed by atoms with van der Waals surface area (Å²) in [5, 5.41) is 44.4. The topological polar surface area (TPSA) is 138 Å². The molecule has 0 unspecified atom stereocenters. The van der Waals surface area contributed by atoms with Crippen molar-refractivity contribution in [2.45, 2.75) is 18.3 Å². The predicted octanol–water partition coefficient (Wildman–Crippen LogP) is -7.62. The van der Waals surface area contributed by atoms with Gasteiger partial charge in [0.2, 0.25) is 0 Å². The van der Waals surface area contributed by atoms with Crippen LogP contribution >= 0.6 is 0 Å². The molecule has 0 saturated heterocycles. The Hall–Kier alpha value is 0.616. The van der Waals surface area contributed by atoms with Crippen molar-refractivity contribution in [3.8, 4) is 0 Å². The SMILES string of the molecule is O=C([O-])[C@@H](O)[C@@H](O)[C@H](O)C(=O)CO.[K+]. The Balaban J connectivity index is 0. The molecule has 0 fully saturated rings. The molecular weight excluding hydrogens is 223 g/mol. The van der Waals surface area contributed by atoms with E-state index in [-0.39, 0.29) is 51.4 Å². The minimum absolute atomic E-state index is 0. The number of Topliss-reactive ketones (excluding diaryl/α,β-unsaturated/α-hetero) is 1. The second-order valence-electron chi connectivity index (χ2n) is 2.32. The predicted molar refractivity (Wildman–Crippen MR) is 35.1 cm³/mol. The van der Waals surface area contributed by atoms with Gasteiger partial charge < -0.3 is 30.3 Å². The van der Waals surface area contributed by atoms with Crippen LogP contribution in [-0.4, -0.2) is 57.1 Å². The zero-order chi connectivity index (χ0) is 10.6. The van der Waals surface area contributed by atoms with Gasteiger partial charge in [-0.2, -0.15) is 0 Å². The molecule has 0 rings (SSSR count). The number of carboxylic acids is 1. The number of carbonyl (C=O) groups is 2. The first-order chi connectivity index (χ1) is 5.91. The van der Waals surface area contributed by atoms with Crippen molar-refractivity contribution < 1.29 is 86.5 Å². The molecule has 0 saturated carbocycles. The first-order valence-corrected chi connectivity index (χ1v) is 3.30. The molecule has 0 amide bonds. The molecule has 0 spiro atoms. The van der Waals surface area contributed by atoms with E-state index in [4.69, 9.17) is 20.4 Å². The molecule has 76 valence electrons. The van der Waals surface area contributed by atoms with Crippen molar-refractivity contribution in [1.29, 1.82) is 0 Å². The van der Waals surface area contributed by atoms with Gasteiger partial charge in [-0.05, 0) is 0 Å². The summed E-state index contributed by atoms with van der Waals surface area (Å²) in [4.78, 5) is 20.4. The van der Waals surface area contributed by atoms with Crippen molar-refractivity contribution in [3.05, 3.63) is 0 Å². The molecule has 0 aromatic carbocycles. The van der Waals surface area contributed by atoms with E-state index in [1.54, 1.807) is 0 Å². The average Bonchev–Trinajstić information content (AvgIpc) is 2.12. The van der Waals surface area contributed by atoms with E-state index in [0.717, 1.165) is 0 Å². The number of carbonyl (C=O) groups excluding carboxylic acids is 2. The molecule has 0 aliphatic rings. The van der Waals surface area contributed by atoms with Gasteiger partial charge in [-0.25, -0.2) is 0 Å². The maximum Gasteiger partial charge on any atom is 1.00 e. The Morgan fingerprint density at radius 2 is 1.57 bits per heavy atom. The van der Waals surface area contributed by atoms with Gasteiger partial charge in [0.15, 0.2) is 5.78 Å². The minimum atomic E-state index is -2.37. The van der Waals surface area contributed by atoms with E-state index in [0.29, 0.717) is 0 Å². The Morgan fingerprint density at radius 3 is 1.86 bits per heavy atom. The summed E-state index contributed by atoms with van der Waals surface area (Å²) < 4.78 is 0. The third-order valence-electron chi connectivity index (χ3n) is 1.37. The van der Waals surface area contributed by atoms with Crippen molar-refractivity contribution in [1.82, 2.24) is 0 Å². The summed E-state index contributed by atoms with van der Waals surface area (Å²) in [6, 6.07) is 0. The van der Waals surface area contributed by atoms with Crippen LogP contribution in [0.3, 0.4) is 0 Å². The van der Waals surface area contributed by atoms with Crippen LogP contribution in [0.2, 0.25) is 0 Å². The Labute approximate surface area is 122 Å². The fourth-order valence-corrected chi connectivity index (χ4v) is 0.596. The van der Waals surface area contributed by atoms with Gasteiger partial charge in [0.25, 0.3) is 0 Å². The molecule has 0 aromatic rings. The number of rotatable bonds is 5. The van der Waals surface area contributed by atoms with Gasteiger partial charge in [-0.1, -0.05) is 0 Å². The normalized spacial score (nSPS) is 16.3. The van der Waals surface area contributed by atoms with Crippen LogP contribution in [0.5, 0.6) is 0 Å². The zero-order valence-electron chi connectivity index (χ0n) is 7.45. The maximum atomic E-state index is 10.5. The largest absolute Gasteiger partial charge is 1.00 e. The van der Waals surface area contributed by atoms with E-state index in [2.05, 4.69) is 0 Å². The summed E-state index contributed by atoms with van der Waals surface area (Å²) >= 11 is 0. The summed E-state index contributed by atoms with van der Waals surface area (Å²) in [7, 11) is 0. The molecule has 0 radical (unpaired) electrons. The fourth-order valence-electron chi connectivity index (χ4n) is 0.596. The van der Waals surface area contributed by atoms with E-state index in [1.165, 1.54) is 0 Å². The molecular formula is C6H9KO7. The molecule has 0 aromatic heterocycles. The first-order valence-electron chi connectivity index (χ1n) is 3.30. The summed E-state index contributed by atoms with van der Waals surface area (Å²) in [6.45, 7) is -1.06. The number of carboxylic acid groups (broad SMARTS) is 1. The molecule has 7 nitrogen and oxygen atoms in total. The third kappa shape index (κ3) is 4.91. The summed E-state index contributed by atoms with van der Waals surface area (Å²) in [6.07, 6.45) is -6.71. The van der Waals surface area contributed by atoms with Gasteiger partial charge >= 0.3 is 51.4 Å². The zero-order valence-corrected chi connectivity index (χ0v) is 10.6. The summed E-state index contributed by atoms with van der Waals surface area (Å²) in [5.74, 6) is -3.20. The number of hydrogen-bond donors (Lipinski definition) is 4. The van der Waals surface area contributed by atoms with E-state index in [9.17, 15) is 14.7 Å². The van der Waals surface area contributed by atoms with Crippen LogP contribution in [0.1, 0.15) is 0 Å². The summed E-state index contributed by atoms with van der Waals surface area (Å²) in [5.41, 5.74) is 0. The average molecular weight is 232 g/mol. The van der Waals surface area contributed by atoms with Crippen molar-refractivity contribution >= 4 is 11.8 Å². The quantitative estimate of drug-likeness (QED) is 0.345. The van der Waals surface area contributed by atoms with E-state index < -0.39 is 36.7 Å². The minimum Gasteiger partial charge on any atom is -0.547 e. The molecule has 14 heavy (non-hydrogen) atoms. The maximum absolute atomic E-state index is 10.5. The van der Waals surface area contributed by atoms with Gasteiger partial charge in [-0.3, -0.25) is 4.79 Å². The van der Waals surface area contributed by atoms with Crippen molar-refractivity contribution in [2.75, 3.05) is 6.61 Å². The van der Waals surface area contributed by atoms with Crippen LogP contribution in [0.15, 0.2) is 0 Å². The molecule has 0 aliphatic carbocycles. The smallest absolute Gasteiger partial charge is 0.547 e. The monoisotopic (exact) mass is 232 g/mol. The number of aliphatic carboxylic acids is 1. The van der Waals surface area contributed by atoms with Gasteiger partial charge in [-0.15, -0.1) is 0 Å². The second kappa shape index (κ2) is 7.85. The van der Waals surface area contributed by atoms with Crippen LogP contribution < -0.4 is 56.5 Å². The number of ketones is 1.